The molecular weight excluding hydrogens is 195 g/mol. The van der Waals surface area contributed by atoms with Crippen molar-refractivity contribution < 1.29 is 18.0 Å². The van der Waals surface area contributed by atoms with Gasteiger partial charge < -0.3 is 4.21 Å². The molecule has 12 heavy (non-hydrogen) atoms. The highest BCUT2D eigenvalue weighted by Gasteiger charge is 2.28. The first-order valence-corrected chi connectivity index (χ1v) is 6.19. The predicted octanol–water partition coefficient (Wildman–Crippen LogP) is 0.482. The minimum absolute atomic E-state index is 0.938. The maximum absolute atomic E-state index is 10.7. The molecule has 1 aliphatic rings. The Balaban J connectivity index is 2.16. The van der Waals surface area contributed by atoms with Gasteiger partial charge in [-0.3, -0.25) is 4.57 Å². The lowest BCUT2D eigenvalue weighted by Gasteiger charge is -2.00. The smallest absolute Gasteiger partial charge is 0.320 e. The quantitative estimate of drug-likeness (QED) is 0.377. The maximum atomic E-state index is 10.7. The largest absolute Gasteiger partial charge is 0.399 e. The van der Waals surface area contributed by atoms with E-state index in [9.17, 15) is 4.57 Å². The normalized spacial score (nSPS) is 29.0. The fourth-order valence-electron chi connectivity index (χ4n) is 0.943. The van der Waals surface area contributed by atoms with Gasteiger partial charge in [0.2, 0.25) is 0 Å². The fraction of sp³-hybridized carbons (Fsp3) is 0. The molecule has 1 fully saturated rings. The number of benzene rings is 1. The molecule has 1 heterocycles. The van der Waals surface area contributed by atoms with Gasteiger partial charge in [-0.1, -0.05) is 30.3 Å². The highest BCUT2D eigenvalue weighted by Crippen LogP contribution is 2.32. The lowest BCUT2D eigenvalue weighted by atomic mass is 10.4. The number of hydrogen-bond acceptors (Lipinski definition) is 4. The van der Waals surface area contributed by atoms with Crippen molar-refractivity contribution in [3.05, 3.63) is 30.3 Å². The van der Waals surface area contributed by atoms with Crippen LogP contribution in [-0.2, 0) is 18.0 Å². The topological polar surface area (TPSA) is 44.8 Å². The van der Waals surface area contributed by atoms with Gasteiger partial charge in [-0.15, -0.1) is 0 Å². The number of rotatable bonds is 1. The third-order valence-electron chi connectivity index (χ3n) is 1.48. The molecule has 0 spiro atoms. The van der Waals surface area contributed by atoms with E-state index in [1.54, 1.807) is 0 Å². The predicted molar refractivity (Wildman–Crippen MR) is 45.5 cm³/mol. The Morgan fingerprint density at radius 1 is 1.25 bits per heavy atom. The van der Waals surface area contributed by atoms with E-state index in [0.717, 1.165) is 5.19 Å². The van der Waals surface area contributed by atoms with Crippen molar-refractivity contribution in [2.75, 3.05) is 0 Å². The summed E-state index contributed by atoms with van der Waals surface area (Å²) >= 11 is 0. The summed E-state index contributed by atoms with van der Waals surface area (Å²) in [5.41, 5.74) is 0. The molecule has 0 radical (unpaired) electrons. The molecule has 6 heteroatoms. The molecule has 2 unspecified atom stereocenters. The van der Waals surface area contributed by atoms with Crippen LogP contribution in [0.5, 0.6) is 0 Å². The van der Waals surface area contributed by atoms with Crippen molar-refractivity contribution >= 4 is 22.7 Å². The van der Waals surface area contributed by atoms with Crippen LogP contribution in [0.3, 0.4) is 0 Å². The molecule has 0 N–H and O–H groups in total. The molecule has 1 aromatic carbocycles. The van der Waals surface area contributed by atoms with E-state index in [-0.39, 0.29) is 0 Å². The summed E-state index contributed by atoms with van der Waals surface area (Å²) in [6.07, 6.45) is 0. The lowest BCUT2D eigenvalue weighted by molar-refractivity contribution is -0.0836. The average molecular weight is 202 g/mol. The average Bonchev–Trinajstić information content (AvgIpc) is 2.54. The Labute approximate surface area is 71.8 Å². The van der Waals surface area contributed by atoms with Crippen LogP contribution in [0.2, 0.25) is 0 Å². The van der Waals surface area contributed by atoms with Crippen molar-refractivity contribution in [3.63, 3.8) is 0 Å². The molecule has 1 saturated heterocycles. The highest BCUT2D eigenvalue weighted by atomic mass is 31.1. The van der Waals surface area contributed by atoms with Gasteiger partial charge in [-0.25, -0.2) is 4.58 Å². The van der Waals surface area contributed by atoms with Gasteiger partial charge in [0.1, 0.15) is 0 Å². The summed E-state index contributed by atoms with van der Waals surface area (Å²) in [6.45, 7) is 0. The van der Waals surface area contributed by atoms with Crippen LogP contribution in [0.4, 0.5) is 0 Å². The Morgan fingerprint density at radius 2 is 2.00 bits per heavy atom. The van der Waals surface area contributed by atoms with Crippen LogP contribution in [0.15, 0.2) is 30.3 Å². The highest BCUT2D eigenvalue weighted by molar-refractivity contribution is 7.36. The molecular formula is C6H7O4PSi. The molecule has 0 bridgehead atoms. The van der Waals surface area contributed by atoms with Crippen molar-refractivity contribution in [3.8, 4) is 0 Å². The summed E-state index contributed by atoms with van der Waals surface area (Å²) in [5, 5.41) is 0.938. The van der Waals surface area contributed by atoms with Gasteiger partial charge in [-0.2, -0.15) is 4.67 Å². The second kappa shape index (κ2) is 3.51. The summed E-state index contributed by atoms with van der Waals surface area (Å²) in [5.74, 6) is 0. The molecule has 0 amide bonds. The van der Waals surface area contributed by atoms with Gasteiger partial charge in [0, 0.05) is 0 Å². The number of hydrogen-bond donors (Lipinski definition) is 0. The van der Waals surface area contributed by atoms with Gasteiger partial charge in [0.15, 0.2) is 0 Å². The van der Waals surface area contributed by atoms with E-state index in [1.165, 1.54) is 0 Å². The zero-order chi connectivity index (χ0) is 8.39. The maximum Gasteiger partial charge on any atom is 0.399 e. The minimum atomic E-state index is -2.36. The summed E-state index contributed by atoms with van der Waals surface area (Å²) < 4.78 is 24.9. The molecule has 4 nitrogen and oxygen atoms in total. The van der Waals surface area contributed by atoms with Gasteiger partial charge in [0.05, 0.1) is 0 Å². The summed E-state index contributed by atoms with van der Waals surface area (Å²) in [6, 6.07) is 9.41. The van der Waals surface area contributed by atoms with E-state index in [0.29, 0.717) is 0 Å². The van der Waals surface area contributed by atoms with E-state index >= 15 is 0 Å². The third kappa shape index (κ3) is 1.65. The SMILES string of the molecule is O=[PH]1OO[SiH](c2ccccc2)O1. The van der Waals surface area contributed by atoms with E-state index in [4.69, 9.17) is 8.79 Å². The Bertz CT molecular complexity index is 291. The summed E-state index contributed by atoms with van der Waals surface area (Å²) in [4.78, 5) is 0. The Morgan fingerprint density at radius 3 is 2.58 bits per heavy atom. The molecule has 64 valence electrons. The minimum Gasteiger partial charge on any atom is -0.320 e. The Hall–Kier alpha value is -0.453. The van der Waals surface area contributed by atoms with Gasteiger partial charge >= 0.3 is 17.5 Å². The van der Waals surface area contributed by atoms with Crippen LogP contribution < -0.4 is 5.19 Å². The van der Waals surface area contributed by atoms with E-state index in [1.807, 2.05) is 30.3 Å². The Kier molecular flexibility index (Phi) is 2.39. The summed E-state index contributed by atoms with van der Waals surface area (Å²) in [7, 11) is -4.35. The van der Waals surface area contributed by atoms with Crippen LogP contribution in [0.25, 0.3) is 0 Å². The van der Waals surface area contributed by atoms with E-state index in [2.05, 4.69) is 4.67 Å². The molecule has 0 saturated carbocycles. The van der Waals surface area contributed by atoms with Crippen LogP contribution in [-0.4, -0.2) is 9.28 Å². The van der Waals surface area contributed by atoms with Crippen molar-refractivity contribution in [2.24, 2.45) is 0 Å². The molecule has 1 aliphatic heterocycles. The molecule has 2 atom stereocenters. The standard InChI is InChI=1S/C6H7O4PSi/c7-11-8-9-12(10-11)6-4-2-1-3-5-6/h1-5,11-12H. The van der Waals surface area contributed by atoms with Crippen molar-refractivity contribution in [1.29, 1.82) is 0 Å². The third-order valence-corrected chi connectivity index (χ3v) is 4.73. The first-order chi connectivity index (χ1) is 5.86. The molecule has 1 aromatic rings. The van der Waals surface area contributed by atoms with Gasteiger partial charge in [-0.05, 0) is 5.19 Å². The fourth-order valence-corrected chi connectivity index (χ4v) is 3.81. The first-order valence-electron chi connectivity index (χ1n) is 3.45. The van der Waals surface area contributed by atoms with Crippen LogP contribution >= 0.6 is 8.25 Å². The van der Waals surface area contributed by atoms with Crippen molar-refractivity contribution in [2.45, 2.75) is 0 Å². The zero-order valence-electron chi connectivity index (χ0n) is 6.10. The monoisotopic (exact) mass is 202 g/mol. The second-order valence-electron chi connectivity index (χ2n) is 2.29. The second-order valence-corrected chi connectivity index (χ2v) is 5.42. The van der Waals surface area contributed by atoms with Crippen molar-refractivity contribution in [1.82, 2.24) is 0 Å². The first kappa shape index (κ1) is 8.16. The molecule has 2 rings (SSSR count). The zero-order valence-corrected chi connectivity index (χ0v) is 8.25. The lowest BCUT2D eigenvalue weighted by Crippen LogP contribution is -2.30. The van der Waals surface area contributed by atoms with Crippen LogP contribution in [0, 0.1) is 0 Å². The van der Waals surface area contributed by atoms with E-state index < -0.39 is 17.5 Å². The molecule has 0 aliphatic carbocycles. The van der Waals surface area contributed by atoms with Gasteiger partial charge in [0.25, 0.3) is 0 Å². The van der Waals surface area contributed by atoms with Crippen LogP contribution in [0.1, 0.15) is 0 Å². The molecule has 0 aromatic heterocycles.